The third kappa shape index (κ3) is 3.23. The Morgan fingerprint density at radius 3 is 2.35 bits per heavy atom. The van der Waals surface area contributed by atoms with E-state index >= 15 is 0 Å². The maximum atomic E-state index is 12.8. The number of carbonyl (C=O) groups is 1. The van der Waals surface area contributed by atoms with Crippen LogP contribution in [0.2, 0.25) is 0 Å². The summed E-state index contributed by atoms with van der Waals surface area (Å²) in [7, 11) is 5.01. The molecule has 26 heavy (non-hydrogen) atoms. The Morgan fingerprint density at radius 2 is 1.73 bits per heavy atom. The molecule has 0 radical (unpaired) electrons. The van der Waals surface area contributed by atoms with E-state index < -0.39 is 0 Å². The van der Waals surface area contributed by atoms with Crippen molar-refractivity contribution in [3.05, 3.63) is 34.7 Å². The van der Waals surface area contributed by atoms with Gasteiger partial charge in [-0.3, -0.25) is 4.79 Å². The van der Waals surface area contributed by atoms with E-state index in [0.717, 1.165) is 11.0 Å². The van der Waals surface area contributed by atoms with Gasteiger partial charge in [-0.1, -0.05) is 12.1 Å². The number of methoxy groups -OCH3 is 2. The molecule has 2 aromatic heterocycles. The van der Waals surface area contributed by atoms with Gasteiger partial charge in [0, 0.05) is 34.4 Å². The average molecular weight is 361 g/mol. The van der Waals surface area contributed by atoms with E-state index in [-0.39, 0.29) is 18.1 Å². The summed E-state index contributed by atoms with van der Waals surface area (Å²) in [6, 6.07) is 7.57. The van der Waals surface area contributed by atoms with E-state index in [2.05, 4.69) is 5.10 Å². The van der Waals surface area contributed by atoms with Gasteiger partial charge in [0.15, 0.2) is 0 Å². The highest BCUT2D eigenvalue weighted by Crippen LogP contribution is 2.16. The highest BCUT2D eigenvalue weighted by atomic mass is 16.5. The number of para-hydroxylation sites is 2. The zero-order valence-corrected chi connectivity index (χ0v) is 15.2. The van der Waals surface area contributed by atoms with Gasteiger partial charge in [0.2, 0.25) is 11.7 Å². The molecule has 3 aromatic rings. The molecule has 0 spiro atoms. The Balaban J connectivity index is 1.90. The smallest absolute Gasteiger partial charge is 0.352 e. The van der Waals surface area contributed by atoms with Crippen molar-refractivity contribution in [1.29, 1.82) is 0 Å². The lowest BCUT2D eigenvalue weighted by Gasteiger charge is -2.21. The summed E-state index contributed by atoms with van der Waals surface area (Å²) in [6.45, 7) is 1.58. The monoisotopic (exact) mass is 361 g/mol. The molecular formula is C17H23N5O4. The van der Waals surface area contributed by atoms with Gasteiger partial charge in [0.1, 0.15) is 6.54 Å². The lowest BCUT2D eigenvalue weighted by Crippen LogP contribution is -2.40. The standard InChI is InChI=1S/C17H23N5O4/c1-19-13-6-4-5-7-14(13)22-16(19)18-21(17(22)24)12-15(23)20(8-10-25-2)9-11-26-3/h4-7H,8-12H2,1-3H3. The van der Waals surface area contributed by atoms with Crippen molar-refractivity contribution in [3.8, 4) is 0 Å². The first kappa shape index (κ1) is 18.2. The minimum absolute atomic E-state index is 0.123. The van der Waals surface area contributed by atoms with Crippen molar-refractivity contribution in [2.24, 2.45) is 7.05 Å². The SMILES string of the molecule is COCCN(CCOC)C(=O)Cn1nc2n(C)c3ccccc3n2c1=O. The number of ether oxygens (including phenoxy) is 2. The number of benzene rings is 1. The largest absolute Gasteiger partial charge is 0.383 e. The first-order chi connectivity index (χ1) is 12.6. The molecule has 9 nitrogen and oxygen atoms in total. The summed E-state index contributed by atoms with van der Waals surface area (Å²) >= 11 is 0. The maximum absolute atomic E-state index is 12.8. The van der Waals surface area contributed by atoms with Crippen LogP contribution < -0.4 is 5.69 Å². The van der Waals surface area contributed by atoms with E-state index in [1.165, 1.54) is 9.08 Å². The van der Waals surface area contributed by atoms with Crippen LogP contribution in [0.25, 0.3) is 16.8 Å². The molecule has 0 saturated carbocycles. The lowest BCUT2D eigenvalue weighted by molar-refractivity contribution is -0.133. The number of amides is 1. The first-order valence-electron chi connectivity index (χ1n) is 8.37. The van der Waals surface area contributed by atoms with Crippen LogP contribution in [0.3, 0.4) is 0 Å². The predicted molar refractivity (Wildman–Crippen MR) is 96.3 cm³/mol. The zero-order chi connectivity index (χ0) is 18.7. The average Bonchev–Trinajstić information content (AvgIpc) is 3.11. The molecule has 140 valence electrons. The zero-order valence-electron chi connectivity index (χ0n) is 15.2. The van der Waals surface area contributed by atoms with E-state index in [9.17, 15) is 9.59 Å². The fourth-order valence-electron chi connectivity index (χ4n) is 2.96. The molecule has 0 saturated heterocycles. The number of imidazole rings is 1. The number of aryl methyl sites for hydroxylation is 1. The van der Waals surface area contributed by atoms with E-state index in [1.54, 1.807) is 19.1 Å². The predicted octanol–water partition coefficient (Wildman–Crippen LogP) is 0.109. The summed E-state index contributed by atoms with van der Waals surface area (Å²) in [5.41, 5.74) is 1.35. The second kappa shape index (κ2) is 7.71. The molecule has 9 heteroatoms. The molecule has 0 aliphatic carbocycles. The summed E-state index contributed by atoms with van der Waals surface area (Å²) in [5, 5.41) is 4.35. The van der Waals surface area contributed by atoms with Crippen molar-refractivity contribution in [2.75, 3.05) is 40.5 Å². The molecule has 1 amide bonds. The minimum Gasteiger partial charge on any atom is -0.383 e. The van der Waals surface area contributed by atoms with Crippen molar-refractivity contribution in [1.82, 2.24) is 23.6 Å². The van der Waals surface area contributed by atoms with E-state index in [0.29, 0.717) is 32.1 Å². The van der Waals surface area contributed by atoms with Gasteiger partial charge in [-0.2, -0.15) is 0 Å². The molecule has 3 rings (SSSR count). The van der Waals surface area contributed by atoms with Gasteiger partial charge >= 0.3 is 5.69 Å². The topological polar surface area (TPSA) is 83.0 Å². The number of hydrogen-bond donors (Lipinski definition) is 0. The highest BCUT2D eigenvalue weighted by Gasteiger charge is 2.19. The molecule has 0 aliphatic heterocycles. The van der Waals surface area contributed by atoms with Gasteiger partial charge in [0.05, 0.1) is 24.2 Å². The number of aromatic nitrogens is 4. The van der Waals surface area contributed by atoms with Crippen LogP contribution >= 0.6 is 0 Å². The van der Waals surface area contributed by atoms with Crippen molar-refractivity contribution in [2.45, 2.75) is 6.54 Å². The van der Waals surface area contributed by atoms with E-state index in [1.807, 2.05) is 35.9 Å². The maximum Gasteiger partial charge on any atom is 0.352 e. The van der Waals surface area contributed by atoms with Crippen LogP contribution in [0.1, 0.15) is 0 Å². The van der Waals surface area contributed by atoms with Gasteiger partial charge in [0.25, 0.3) is 0 Å². The molecule has 1 aromatic carbocycles. The Bertz CT molecular complexity index is 963. The Labute approximate surface area is 150 Å². The Morgan fingerprint density at radius 1 is 1.12 bits per heavy atom. The number of hydrogen-bond acceptors (Lipinski definition) is 5. The number of fused-ring (bicyclic) bond motifs is 3. The van der Waals surface area contributed by atoms with Crippen LogP contribution in [-0.2, 0) is 27.9 Å². The third-order valence-corrected chi connectivity index (χ3v) is 4.37. The molecule has 0 atom stereocenters. The summed E-state index contributed by atoms with van der Waals surface area (Å²) in [6.07, 6.45) is 0. The number of rotatable bonds is 8. The van der Waals surface area contributed by atoms with E-state index in [4.69, 9.17) is 9.47 Å². The quantitative estimate of drug-likeness (QED) is 0.569. The molecule has 0 aliphatic rings. The Kier molecular flexibility index (Phi) is 5.38. The Hall–Kier alpha value is -2.65. The van der Waals surface area contributed by atoms with Crippen molar-refractivity contribution >= 4 is 22.7 Å². The van der Waals surface area contributed by atoms with Gasteiger partial charge in [-0.15, -0.1) is 5.10 Å². The van der Waals surface area contributed by atoms with Crippen LogP contribution in [0.15, 0.2) is 29.1 Å². The molecule has 2 heterocycles. The summed E-state index contributed by atoms with van der Waals surface area (Å²) < 4.78 is 14.7. The number of carbonyl (C=O) groups excluding carboxylic acids is 1. The van der Waals surface area contributed by atoms with Gasteiger partial charge in [-0.25, -0.2) is 13.9 Å². The van der Waals surface area contributed by atoms with Crippen molar-refractivity contribution < 1.29 is 14.3 Å². The summed E-state index contributed by atoms with van der Waals surface area (Å²) in [5.74, 6) is 0.304. The lowest BCUT2D eigenvalue weighted by atomic mass is 10.3. The molecule has 0 fully saturated rings. The number of nitrogens with zero attached hydrogens (tertiary/aromatic N) is 5. The molecule has 0 bridgehead atoms. The van der Waals surface area contributed by atoms with Gasteiger partial charge in [-0.05, 0) is 12.1 Å². The highest BCUT2D eigenvalue weighted by molar-refractivity contribution is 5.80. The normalized spacial score (nSPS) is 11.5. The van der Waals surface area contributed by atoms with Crippen LogP contribution in [0, 0.1) is 0 Å². The molecule has 0 unspecified atom stereocenters. The summed E-state index contributed by atoms with van der Waals surface area (Å²) in [4.78, 5) is 27.0. The second-order valence-corrected chi connectivity index (χ2v) is 5.99. The van der Waals surface area contributed by atoms with Gasteiger partial charge < -0.3 is 18.9 Å². The minimum atomic E-state index is -0.330. The second-order valence-electron chi connectivity index (χ2n) is 5.99. The van der Waals surface area contributed by atoms with Crippen LogP contribution in [0.4, 0.5) is 0 Å². The fourth-order valence-corrected chi connectivity index (χ4v) is 2.96. The molecule has 0 N–H and O–H groups in total. The van der Waals surface area contributed by atoms with Crippen LogP contribution in [0.5, 0.6) is 0 Å². The third-order valence-electron chi connectivity index (χ3n) is 4.37. The van der Waals surface area contributed by atoms with Crippen molar-refractivity contribution in [3.63, 3.8) is 0 Å². The first-order valence-corrected chi connectivity index (χ1v) is 8.37. The molecular weight excluding hydrogens is 338 g/mol. The fraction of sp³-hybridized carbons (Fsp3) is 0.471. The van der Waals surface area contributed by atoms with Crippen LogP contribution in [-0.4, -0.2) is 70.1 Å².